The number of amides is 1. The van der Waals surface area contributed by atoms with Gasteiger partial charge in [-0.3, -0.25) is 4.79 Å². The molecule has 1 amide bonds. The van der Waals surface area contributed by atoms with Crippen molar-refractivity contribution in [1.82, 2.24) is 10.2 Å². The minimum atomic E-state index is 0.251. The van der Waals surface area contributed by atoms with E-state index in [0.717, 1.165) is 19.5 Å². The summed E-state index contributed by atoms with van der Waals surface area (Å²) in [6, 6.07) is 0. The minimum absolute atomic E-state index is 0.251. The molecule has 0 aromatic heterocycles. The molecular weight excluding hydrogens is 236 g/mol. The third-order valence-electron chi connectivity index (χ3n) is 4.53. The average Bonchev–Trinajstić information content (AvgIpc) is 2.47. The molecule has 1 N–H and O–H groups in total. The highest BCUT2D eigenvalue weighted by Crippen LogP contribution is 2.20. The Hall–Kier alpha value is -0.830. The molecule has 0 radical (unpaired) electrons. The lowest BCUT2D eigenvalue weighted by molar-refractivity contribution is -0.122. The number of hydrogen-bond acceptors (Lipinski definition) is 2. The Balaban J connectivity index is 1.63. The van der Waals surface area contributed by atoms with Crippen molar-refractivity contribution in [2.24, 2.45) is 5.92 Å². The van der Waals surface area contributed by atoms with E-state index in [1.165, 1.54) is 57.2 Å². The normalized spacial score (nSPS) is 22.1. The maximum atomic E-state index is 12.0. The van der Waals surface area contributed by atoms with Gasteiger partial charge in [0.05, 0.1) is 0 Å². The molecule has 3 nitrogen and oxygen atoms in total. The van der Waals surface area contributed by atoms with Crippen LogP contribution in [0.2, 0.25) is 0 Å². The molecule has 2 rings (SSSR count). The quantitative estimate of drug-likeness (QED) is 0.774. The van der Waals surface area contributed by atoms with Crippen LogP contribution in [0.3, 0.4) is 0 Å². The zero-order valence-corrected chi connectivity index (χ0v) is 12.3. The second-order valence-corrected chi connectivity index (χ2v) is 5.97. The number of hydrogen-bond donors (Lipinski definition) is 1. The van der Waals surface area contributed by atoms with Gasteiger partial charge in [0.15, 0.2) is 0 Å². The number of piperidine rings is 1. The van der Waals surface area contributed by atoms with E-state index in [2.05, 4.69) is 23.2 Å². The molecule has 0 bridgehead atoms. The maximum Gasteiger partial charge on any atom is 0.220 e. The molecule has 19 heavy (non-hydrogen) atoms. The third kappa shape index (κ3) is 4.98. The highest BCUT2D eigenvalue weighted by atomic mass is 16.1. The monoisotopic (exact) mass is 264 g/mol. The molecule has 0 aromatic rings. The van der Waals surface area contributed by atoms with E-state index in [1.54, 1.807) is 0 Å². The molecule has 1 aliphatic heterocycles. The maximum absolute atomic E-state index is 12.0. The summed E-state index contributed by atoms with van der Waals surface area (Å²) in [4.78, 5) is 14.4. The van der Waals surface area contributed by atoms with Crippen molar-refractivity contribution in [3.8, 4) is 0 Å². The molecule has 0 spiro atoms. The van der Waals surface area contributed by atoms with Crippen LogP contribution in [-0.2, 0) is 4.79 Å². The Bertz CT molecular complexity index is 317. The number of nitrogens with zero attached hydrogens (tertiary/aromatic N) is 1. The zero-order valence-electron chi connectivity index (χ0n) is 12.3. The van der Waals surface area contributed by atoms with Gasteiger partial charge in [-0.1, -0.05) is 18.6 Å². The van der Waals surface area contributed by atoms with Crippen LogP contribution in [0.15, 0.2) is 11.6 Å². The number of likely N-dealkylation sites (tertiary alicyclic amines) is 1. The Kier molecular flexibility index (Phi) is 5.90. The van der Waals surface area contributed by atoms with Gasteiger partial charge in [0.25, 0.3) is 0 Å². The lowest BCUT2D eigenvalue weighted by atomic mass is 9.93. The van der Waals surface area contributed by atoms with Gasteiger partial charge in [-0.05, 0) is 64.1 Å². The molecule has 1 aliphatic carbocycles. The van der Waals surface area contributed by atoms with Gasteiger partial charge in [0.2, 0.25) is 5.91 Å². The van der Waals surface area contributed by atoms with E-state index in [1.807, 2.05) is 0 Å². The largest absolute Gasteiger partial charge is 0.352 e. The third-order valence-corrected chi connectivity index (χ3v) is 4.53. The van der Waals surface area contributed by atoms with Gasteiger partial charge in [-0.2, -0.15) is 0 Å². The van der Waals surface area contributed by atoms with Crippen LogP contribution in [-0.4, -0.2) is 37.0 Å². The van der Waals surface area contributed by atoms with E-state index in [0.29, 0.717) is 5.92 Å². The van der Waals surface area contributed by atoms with E-state index in [4.69, 9.17) is 0 Å². The highest BCUT2D eigenvalue weighted by molar-refractivity contribution is 5.76. The summed E-state index contributed by atoms with van der Waals surface area (Å²) in [5.74, 6) is 0.851. The SMILES string of the molecule is CCN1CCC(CC(=O)NCC2=CCCCC2)CC1. The van der Waals surface area contributed by atoms with Gasteiger partial charge >= 0.3 is 0 Å². The van der Waals surface area contributed by atoms with Crippen LogP contribution in [0.4, 0.5) is 0 Å². The van der Waals surface area contributed by atoms with E-state index < -0.39 is 0 Å². The van der Waals surface area contributed by atoms with Crippen molar-refractivity contribution in [3.63, 3.8) is 0 Å². The molecular formula is C16H28N2O. The second-order valence-electron chi connectivity index (χ2n) is 5.97. The van der Waals surface area contributed by atoms with E-state index in [9.17, 15) is 4.79 Å². The van der Waals surface area contributed by atoms with Crippen molar-refractivity contribution in [2.45, 2.75) is 51.9 Å². The van der Waals surface area contributed by atoms with Crippen LogP contribution in [0.25, 0.3) is 0 Å². The summed E-state index contributed by atoms with van der Waals surface area (Å²) in [7, 11) is 0. The molecule has 0 atom stereocenters. The lowest BCUT2D eigenvalue weighted by Crippen LogP contribution is -2.36. The summed E-state index contributed by atoms with van der Waals surface area (Å²) in [6.07, 6.45) is 10.4. The highest BCUT2D eigenvalue weighted by Gasteiger charge is 2.20. The number of nitrogens with one attached hydrogen (secondary N) is 1. The van der Waals surface area contributed by atoms with Gasteiger partial charge in [0.1, 0.15) is 0 Å². The number of carbonyl (C=O) groups is 1. The Morgan fingerprint density at radius 1 is 1.37 bits per heavy atom. The summed E-state index contributed by atoms with van der Waals surface area (Å²) >= 11 is 0. The van der Waals surface area contributed by atoms with Gasteiger partial charge < -0.3 is 10.2 Å². The van der Waals surface area contributed by atoms with Crippen molar-refractivity contribution in [2.75, 3.05) is 26.2 Å². The number of rotatable bonds is 5. The zero-order chi connectivity index (χ0) is 13.5. The van der Waals surface area contributed by atoms with Gasteiger partial charge in [0, 0.05) is 13.0 Å². The predicted molar refractivity (Wildman–Crippen MR) is 79.0 cm³/mol. The summed E-state index contributed by atoms with van der Waals surface area (Å²) in [5.41, 5.74) is 1.43. The summed E-state index contributed by atoms with van der Waals surface area (Å²) in [5, 5.41) is 3.10. The van der Waals surface area contributed by atoms with Crippen LogP contribution in [0.1, 0.15) is 51.9 Å². The second kappa shape index (κ2) is 7.68. The van der Waals surface area contributed by atoms with Gasteiger partial charge in [-0.25, -0.2) is 0 Å². The molecule has 2 aliphatic rings. The van der Waals surface area contributed by atoms with Crippen LogP contribution < -0.4 is 5.32 Å². The standard InChI is InChI=1S/C16H28N2O/c1-2-18-10-8-14(9-11-18)12-16(19)17-13-15-6-4-3-5-7-15/h6,14H,2-5,7-13H2,1H3,(H,17,19). The molecule has 0 saturated carbocycles. The number of allylic oxidation sites excluding steroid dienone is 1. The number of carbonyl (C=O) groups excluding carboxylic acids is 1. The fourth-order valence-corrected chi connectivity index (χ4v) is 3.12. The first-order chi connectivity index (χ1) is 9.28. The smallest absolute Gasteiger partial charge is 0.220 e. The van der Waals surface area contributed by atoms with Crippen molar-refractivity contribution in [3.05, 3.63) is 11.6 Å². The molecule has 0 aromatic carbocycles. The first kappa shape index (κ1) is 14.6. The van der Waals surface area contributed by atoms with Gasteiger partial charge in [-0.15, -0.1) is 0 Å². The topological polar surface area (TPSA) is 32.3 Å². The van der Waals surface area contributed by atoms with Crippen molar-refractivity contribution < 1.29 is 4.79 Å². The molecule has 108 valence electrons. The van der Waals surface area contributed by atoms with Crippen molar-refractivity contribution >= 4 is 5.91 Å². The first-order valence-electron chi connectivity index (χ1n) is 7.95. The Labute approximate surface area is 117 Å². The fourth-order valence-electron chi connectivity index (χ4n) is 3.12. The fraction of sp³-hybridized carbons (Fsp3) is 0.812. The Morgan fingerprint density at radius 3 is 2.79 bits per heavy atom. The van der Waals surface area contributed by atoms with E-state index in [-0.39, 0.29) is 5.91 Å². The van der Waals surface area contributed by atoms with Crippen LogP contribution in [0, 0.1) is 5.92 Å². The minimum Gasteiger partial charge on any atom is -0.352 e. The molecule has 1 heterocycles. The lowest BCUT2D eigenvalue weighted by Gasteiger charge is -2.30. The van der Waals surface area contributed by atoms with Crippen LogP contribution in [0.5, 0.6) is 0 Å². The molecule has 0 unspecified atom stereocenters. The molecule has 3 heteroatoms. The Morgan fingerprint density at radius 2 is 2.16 bits per heavy atom. The molecule has 1 saturated heterocycles. The average molecular weight is 264 g/mol. The van der Waals surface area contributed by atoms with Crippen molar-refractivity contribution in [1.29, 1.82) is 0 Å². The van der Waals surface area contributed by atoms with E-state index >= 15 is 0 Å². The van der Waals surface area contributed by atoms with Crippen LogP contribution >= 0.6 is 0 Å². The first-order valence-corrected chi connectivity index (χ1v) is 7.95. The predicted octanol–water partition coefficient (Wildman–Crippen LogP) is 2.73. The summed E-state index contributed by atoms with van der Waals surface area (Å²) in [6.45, 7) is 6.48. The molecule has 1 fully saturated rings. The summed E-state index contributed by atoms with van der Waals surface area (Å²) < 4.78 is 0.